The van der Waals surface area contributed by atoms with Crippen LogP contribution < -0.4 is 4.90 Å². The van der Waals surface area contributed by atoms with Crippen LogP contribution in [0.2, 0.25) is 0 Å². The van der Waals surface area contributed by atoms with Gasteiger partial charge in [0.05, 0.1) is 11.2 Å². The molecule has 0 bridgehead atoms. The Kier molecular flexibility index (Phi) is 4.96. The van der Waals surface area contributed by atoms with Crippen LogP contribution in [0.5, 0.6) is 0 Å². The summed E-state index contributed by atoms with van der Waals surface area (Å²) in [4.78, 5) is 21.4. The molecule has 0 saturated heterocycles. The summed E-state index contributed by atoms with van der Waals surface area (Å²) >= 11 is 1.58. The molecular weight excluding hydrogens is 306 g/mol. The minimum Gasteiger partial charge on any atom is -0.372 e. The van der Waals surface area contributed by atoms with Crippen LogP contribution in [0.1, 0.15) is 31.0 Å². The molecule has 122 valence electrons. The molecule has 3 rings (SSSR count). The molecule has 0 radical (unpaired) electrons. The van der Waals surface area contributed by atoms with Gasteiger partial charge in [-0.1, -0.05) is 25.1 Å². The minimum absolute atomic E-state index is 0.231. The maximum absolute atomic E-state index is 12.8. The lowest BCUT2D eigenvalue weighted by Crippen LogP contribution is -2.43. The zero-order chi connectivity index (χ0) is 16.2. The molecule has 23 heavy (non-hydrogen) atoms. The van der Waals surface area contributed by atoms with Crippen LogP contribution >= 0.6 is 11.3 Å². The van der Waals surface area contributed by atoms with Crippen LogP contribution in [0.15, 0.2) is 35.2 Å². The van der Waals surface area contributed by atoms with Gasteiger partial charge in [-0.25, -0.2) is 4.98 Å². The number of amides is 1. The number of rotatable bonds is 4. The monoisotopic (exact) mass is 329 g/mol. The van der Waals surface area contributed by atoms with Crippen molar-refractivity contribution >= 4 is 22.9 Å². The Morgan fingerprint density at radius 1 is 1.39 bits per heavy atom. The van der Waals surface area contributed by atoms with Crippen molar-refractivity contribution in [3.63, 3.8) is 0 Å². The van der Waals surface area contributed by atoms with E-state index in [1.165, 1.54) is 11.3 Å². The third-order valence-electron chi connectivity index (χ3n) is 4.54. The van der Waals surface area contributed by atoms with Gasteiger partial charge < -0.3 is 9.80 Å². The summed E-state index contributed by atoms with van der Waals surface area (Å²) in [6.45, 7) is 3.75. The van der Waals surface area contributed by atoms with Crippen molar-refractivity contribution in [2.45, 2.75) is 38.8 Å². The molecule has 0 saturated carbocycles. The van der Waals surface area contributed by atoms with Crippen molar-refractivity contribution in [2.75, 3.05) is 18.5 Å². The summed E-state index contributed by atoms with van der Waals surface area (Å²) in [5.41, 5.74) is 5.31. The van der Waals surface area contributed by atoms with Crippen molar-refractivity contribution in [3.05, 3.63) is 46.4 Å². The van der Waals surface area contributed by atoms with Crippen LogP contribution in [0.4, 0.5) is 5.69 Å². The first-order valence-corrected chi connectivity index (χ1v) is 9.09. The molecule has 0 N–H and O–H groups in total. The van der Waals surface area contributed by atoms with E-state index < -0.39 is 0 Å². The Morgan fingerprint density at radius 2 is 2.22 bits per heavy atom. The Hall–Kier alpha value is -1.88. The van der Waals surface area contributed by atoms with Gasteiger partial charge in [-0.05, 0) is 24.5 Å². The largest absolute Gasteiger partial charge is 0.372 e. The average Bonchev–Trinajstić information content (AvgIpc) is 3.04. The Bertz CT molecular complexity index is 656. The summed E-state index contributed by atoms with van der Waals surface area (Å²) in [6.07, 6.45) is 2.24. The number of para-hydroxylation sites is 1. The van der Waals surface area contributed by atoms with E-state index in [0.29, 0.717) is 13.0 Å². The van der Waals surface area contributed by atoms with E-state index in [9.17, 15) is 4.79 Å². The molecule has 1 atom stereocenters. The number of hydrogen-bond acceptors (Lipinski definition) is 4. The van der Waals surface area contributed by atoms with Crippen LogP contribution in [0.3, 0.4) is 0 Å². The smallest absolute Gasteiger partial charge is 0.223 e. The number of carbonyl (C=O) groups excluding carboxylic acids is 1. The molecule has 2 heterocycles. The molecule has 1 aromatic carbocycles. The highest BCUT2D eigenvalue weighted by molar-refractivity contribution is 7.07. The number of nitrogens with zero attached hydrogens (tertiary/aromatic N) is 3. The van der Waals surface area contributed by atoms with Gasteiger partial charge in [0.2, 0.25) is 5.91 Å². The molecule has 0 aliphatic carbocycles. The van der Waals surface area contributed by atoms with Crippen molar-refractivity contribution in [1.29, 1.82) is 0 Å². The number of thiazole rings is 1. The predicted octanol–water partition coefficient (Wildman–Crippen LogP) is 3.33. The first kappa shape index (κ1) is 16.0. The molecule has 1 aliphatic rings. The van der Waals surface area contributed by atoms with E-state index in [4.69, 9.17) is 0 Å². The molecule has 2 aromatic rings. The third kappa shape index (κ3) is 3.55. The van der Waals surface area contributed by atoms with Crippen molar-refractivity contribution in [1.82, 2.24) is 9.88 Å². The standard InChI is InChI=1S/C18H23N3OS/c1-3-16-11-20(2)17-7-5-4-6-14(17)10-21(16)18(22)9-8-15-12-23-13-19-15/h4-7,12-13,16H,3,8-11H2,1-2H3/t16-/m1/s1. The number of likely N-dealkylation sites (N-methyl/N-ethyl adjacent to an activating group) is 1. The Morgan fingerprint density at radius 3 is 2.96 bits per heavy atom. The molecule has 0 spiro atoms. The van der Waals surface area contributed by atoms with Crippen LogP contribution in [0, 0.1) is 0 Å². The lowest BCUT2D eigenvalue weighted by molar-refractivity contribution is -0.134. The van der Waals surface area contributed by atoms with Crippen LogP contribution in [0.25, 0.3) is 0 Å². The molecule has 5 heteroatoms. The second-order valence-corrected chi connectivity index (χ2v) is 6.79. The van der Waals surface area contributed by atoms with Crippen LogP contribution in [-0.4, -0.2) is 35.4 Å². The minimum atomic E-state index is 0.231. The summed E-state index contributed by atoms with van der Waals surface area (Å²) in [6, 6.07) is 8.65. The van der Waals surface area contributed by atoms with Crippen molar-refractivity contribution in [3.8, 4) is 0 Å². The summed E-state index contributed by atoms with van der Waals surface area (Å²) in [5, 5.41) is 2.02. The number of benzene rings is 1. The third-order valence-corrected chi connectivity index (χ3v) is 5.17. The Balaban J connectivity index is 1.77. The highest BCUT2D eigenvalue weighted by atomic mass is 32.1. The fraction of sp³-hybridized carbons (Fsp3) is 0.444. The summed E-state index contributed by atoms with van der Waals surface area (Å²) in [5.74, 6) is 0.231. The zero-order valence-electron chi connectivity index (χ0n) is 13.7. The van der Waals surface area contributed by atoms with E-state index >= 15 is 0 Å². The molecule has 4 nitrogen and oxygen atoms in total. The lowest BCUT2D eigenvalue weighted by Gasteiger charge is -2.30. The second kappa shape index (κ2) is 7.13. The molecule has 0 fully saturated rings. The number of aromatic nitrogens is 1. The number of aryl methyl sites for hydroxylation is 1. The fourth-order valence-corrected chi connectivity index (χ4v) is 3.82. The quantitative estimate of drug-likeness (QED) is 0.863. The van der Waals surface area contributed by atoms with Crippen LogP contribution in [-0.2, 0) is 17.8 Å². The molecule has 1 amide bonds. The molecule has 1 aromatic heterocycles. The zero-order valence-corrected chi connectivity index (χ0v) is 14.6. The number of hydrogen-bond donors (Lipinski definition) is 0. The van der Waals surface area contributed by atoms with Gasteiger partial charge in [-0.2, -0.15) is 0 Å². The molecule has 1 aliphatic heterocycles. The number of anilines is 1. The van der Waals surface area contributed by atoms with Crippen molar-refractivity contribution in [2.24, 2.45) is 0 Å². The van der Waals surface area contributed by atoms with Gasteiger partial charge in [-0.3, -0.25) is 4.79 Å². The Labute approximate surface area is 141 Å². The van der Waals surface area contributed by atoms with Gasteiger partial charge in [0.1, 0.15) is 0 Å². The highest BCUT2D eigenvalue weighted by Gasteiger charge is 2.28. The van der Waals surface area contributed by atoms with Gasteiger partial charge in [0, 0.05) is 43.7 Å². The summed E-state index contributed by atoms with van der Waals surface area (Å²) in [7, 11) is 2.12. The molecule has 0 unspecified atom stereocenters. The van der Waals surface area contributed by atoms with Gasteiger partial charge >= 0.3 is 0 Å². The second-order valence-electron chi connectivity index (χ2n) is 6.07. The topological polar surface area (TPSA) is 36.4 Å². The lowest BCUT2D eigenvalue weighted by atomic mass is 10.1. The predicted molar refractivity (Wildman–Crippen MR) is 94.8 cm³/mol. The van der Waals surface area contributed by atoms with E-state index in [1.807, 2.05) is 10.9 Å². The normalized spacial score (nSPS) is 17.7. The SMILES string of the molecule is CC[C@@H]1CN(C)c2ccccc2CN1C(=O)CCc1cscn1. The van der Waals surface area contributed by atoms with Crippen molar-refractivity contribution < 1.29 is 4.79 Å². The average molecular weight is 329 g/mol. The maximum atomic E-state index is 12.8. The first-order valence-electron chi connectivity index (χ1n) is 8.14. The fourth-order valence-electron chi connectivity index (χ4n) is 3.22. The number of fused-ring (bicyclic) bond motifs is 1. The van der Waals surface area contributed by atoms with E-state index in [2.05, 4.69) is 53.0 Å². The van der Waals surface area contributed by atoms with E-state index in [-0.39, 0.29) is 11.9 Å². The number of carbonyl (C=O) groups is 1. The summed E-state index contributed by atoms with van der Waals surface area (Å²) < 4.78 is 0. The highest BCUT2D eigenvalue weighted by Crippen LogP contribution is 2.27. The van der Waals surface area contributed by atoms with Gasteiger partial charge in [0.25, 0.3) is 0 Å². The van der Waals surface area contributed by atoms with E-state index in [1.54, 1.807) is 11.3 Å². The molecular formula is C18H23N3OS. The first-order chi connectivity index (χ1) is 11.2. The maximum Gasteiger partial charge on any atom is 0.223 e. The van der Waals surface area contributed by atoms with Gasteiger partial charge in [-0.15, -0.1) is 11.3 Å². The van der Waals surface area contributed by atoms with Gasteiger partial charge in [0.15, 0.2) is 0 Å². The van der Waals surface area contributed by atoms with E-state index in [0.717, 1.165) is 25.1 Å².